The Hall–Kier alpha value is -3.72. The van der Waals surface area contributed by atoms with E-state index in [0.717, 1.165) is 0 Å². The molecule has 2 heterocycles. The number of aromatic nitrogens is 2. The van der Waals surface area contributed by atoms with Gasteiger partial charge in [0.25, 0.3) is 0 Å². The Kier molecular flexibility index (Phi) is 7.68. The zero-order valence-corrected chi connectivity index (χ0v) is 24.0. The topological polar surface area (TPSA) is 125 Å². The highest BCUT2D eigenvalue weighted by Crippen LogP contribution is 2.51. The van der Waals surface area contributed by atoms with Crippen molar-refractivity contribution in [1.29, 1.82) is 5.26 Å². The maximum Gasteiger partial charge on any atom is 0.234 e. The molecular formula is C28H24ClFN6O2S2. The third-order valence-electron chi connectivity index (χ3n) is 6.64. The second-order valence-corrected chi connectivity index (χ2v) is 12.8. The van der Waals surface area contributed by atoms with E-state index in [1.807, 2.05) is 26.0 Å². The molecule has 3 N–H and O–H groups in total. The van der Waals surface area contributed by atoms with Crippen LogP contribution in [0.4, 0.5) is 15.2 Å². The summed E-state index contributed by atoms with van der Waals surface area (Å²) in [4.78, 5) is 27.7. The van der Waals surface area contributed by atoms with Gasteiger partial charge in [0.1, 0.15) is 11.6 Å². The summed E-state index contributed by atoms with van der Waals surface area (Å²) >= 11 is 8.93. The Balaban J connectivity index is 1.47. The van der Waals surface area contributed by atoms with Crippen molar-refractivity contribution in [3.8, 4) is 6.07 Å². The predicted molar refractivity (Wildman–Crippen MR) is 154 cm³/mol. The second kappa shape index (κ2) is 11.0. The molecule has 1 aromatic heterocycles. The quantitative estimate of drug-likeness (QED) is 0.333. The highest BCUT2D eigenvalue weighted by Gasteiger charge is 2.45. The average molecular weight is 595 g/mol. The maximum atomic E-state index is 13.6. The molecule has 0 saturated heterocycles. The number of anilines is 2. The van der Waals surface area contributed by atoms with Crippen LogP contribution in [0, 0.1) is 22.6 Å². The third kappa shape index (κ3) is 5.47. The average Bonchev–Trinajstić information content (AvgIpc) is 3.36. The van der Waals surface area contributed by atoms with Crippen molar-refractivity contribution < 1.29 is 14.0 Å². The summed E-state index contributed by atoms with van der Waals surface area (Å²) in [7, 11) is 0. The zero-order chi connectivity index (χ0) is 28.6. The Morgan fingerprint density at radius 3 is 2.67 bits per heavy atom. The van der Waals surface area contributed by atoms with Gasteiger partial charge in [-0.1, -0.05) is 66.7 Å². The van der Waals surface area contributed by atoms with Crippen molar-refractivity contribution >= 4 is 57.2 Å². The van der Waals surface area contributed by atoms with Crippen molar-refractivity contribution in [3.05, 3.63) is 87.6 Å². The van der Waals surface area contributed by atoms with E-state index in [9.17, 15) is 19.2 Å². The number of nitrogens with zero attached hydrogens (tertiary/aromatic N) is 4. The van der Waals surface area contributed by atoms with Gasteiger partial charge in [0.05, 0.1) is 23.3 Å². The van der Waals surface area contributed by atoms with Crippen molar-refractivity contribution in [1.82, 2.24) is 10.2 Å². The van der Waals surface area contributed by atoms with Gasteiger partial charge < -0.3 is 11.1 Å². The molecule has 0 radical (unpaired) electrons. The molecule has 0 spiro atoms. The van der Waals surface area contributed by atoms with E-state index in [0.29, 0.717) is 49.9 Å². The van der Waals surface area contributed by atoms with Crippen LogP contribution >= 0.6 is 34.7 Å². The lowest BCUT2D eigenvalue weighted by Crippen LogP contribution is -2.42. The maximum absolute atomic E-state index is 13.6. The smallest absolute Gasteiger partial charge is 0.234 e. The van der Waals surface area contributed by atoms with Gasteiger partial charge in [-0.05, 0) is 47.7 Å². The van der Waals surface area contributed by atoms with Crippen LogP contribution in [0.5, 0.6) is 0 Å². The van der Waals surface area contributed by atoms with Crippen molar-refractivity contribution in [2.45, 2.75) is 36.9 Å². The molecule has 5 rings (SSSR count). The molecule has 1 aliphatic heterocycles. The monoisotopic (exact) mass is 594 g/mol. The first-order valence-electron chi connectivity index (χ1n) is 12.3. The molecular weight excluding hydrogens is 571 g/mol. The molecule has 3 aromatic rings. The van der Waals surface area contributed by atoms with E-state index in [1.54, 1.807) is 17.0 Å². The lowest BCUT2D eigenvalue weighted by molar-refractivity contribution is -0.118. The number of nitrogens with two attached hydrogens (primary N) is 1. The number of ketones is 1. The molecule has 40 heavy (non-hydrogen) atoms. The molecule has 1 unspecified atom stereocenters. The number of carbonyl (C=O) groups is 2. The van der Waals surface area contributed by atoms with E-state index in [-0.39, 0.29) is 40.1 Å². The van der Waals surface area contributed by atoms with Gasteiger partial charge in [0.2, 0.25) is 11.0 Å². The lowest BCUT2D eigenvalue weighted by Gasteiger charge is -2.42. The summed E-state index contributed by atoms with van der Waals surface area (Å²) in [6, 6.07) is 14.9. The molecule has 2 aromatic carbocycles. The number of Topliss-reactive ketones (excluding diaryl/α,β-unsaturated/α-hetero) is 1. The summed E-state index contributed by atoms with van der Waals surface area (Å²) in [6.45, 7) is 4.02. The highest BCUT2D eigenvalue weighted by atomic mass is 35.5. The fourth-order valence-corrected chi connectivity index (χ4v) is 6.88. The number of nitriles is 1. The van der Waals surface area contributed by atoms with Crippen LogP contribution in [0.25, 0.3) is 0 Å². The van der Waals surface area contributed by atoms with Gasteiger partial charge in [-0.25, -0.2) is 4.39 Å². The van der Waals surface area contributed by atoms with Crippen LogP contribution in [-0.4, -0.2) is 27.6 Å². The number of allylic oxidation sites excluding steroid dienone is 3. The van der Waals surface area contributed by atoms with E-state index >= 15 is 0 Å². The molecule has 204 valence electrons. The minimum Gasteiger partial charge on any atom is -0.384 e. The summed E-state index contributed by atoms with van der Waals surface area (Å²) in [5, 5.41) is 22.3. The first-order valence-corrected chi connectivity index (χ1v) is 14.5. The molecule has 2 aliphatic rings. The Bertz CT molecular complexity index is 1610. The second-order valence-electron chi connectivity index (χ2n) is 10.2. The Labute approximate surface area is 243 Å². The zero-order valence-electron chi connectivity index (χ0n) is 21.6. The standard InChI is InChI=1S/C28H24ClFN6O2S2/c1-28(2)11-20-24(21(37)12-28)23(17-5-3-4-6-19(17)29)18(13-31)25(32)36(20)26-34-35-27(40-26)39-14-22(38)33-16-9-7-15(30)8-10-16/h3-10,23H,11-12,14,32H2,1-2H3,(H,33,38). The van der Waals surface area contributed by atoms with Crippen molar-refractivity contribution in [2.24, 2.45) is 11.1 Å². The molecule has 1 amide bonds. The number of hydrogen-bond acceptors (Lipinski definition) is 9. The van der Waals surface area contributed by atoms with Crippen LogP contribution in [0.3, 0.4) is 0 Å². The summed E-state index contributed by atoms with van der Waals surface area (Å²) in [5.41, 5.74) is 8.80. The first-order chi connectivity index (χ1) is 19.1. The number of carbonyl (C=O) groups excluding carboxylic acids is 2. The summed E-state index contributed by atoms with van der Waals surface area (Å²) in [5.74, 6) is -1.22. The summed E-state index contributed by atoms with van der Waals surface area (Å²) < 4.78 is 13.6. The number of rotatable bonds is 6. The fraction of sp³-hybridized carbons (Fsp3) is 0.250. The van der Waals surface area contributed by atoms with Gasteiger partial charge in [0.15, 0.2) is 10.1 Å². The summed E-state index contributed by atoms with van der Waals surface area (Å²) in [6.07, 6.45) is 0.843. The molecule has 12 heteroatoms. The van der Waals surface area contributed by atoms with Crippen LogP contribution < -0.4 is 16.0 Å². The molecule has 1 aliphatic carbocycles. The minimum atomic E-state index is -0.689. The predicted octanol–water partition coefficient (Wildman–Crippen LogP) is 6.00. The van der Waals surface area contributed by atoms with Gasteiger partial charge in [-0.3, -0.25) is 14.5 Å². The number of hydrogen-bond donors (Lipinski definition) is 2. The number of benzene rings is 2. The fourth-order valence-electron chi connectivity index (χ4n) is 4.96. The van der Waals surface area contributed by atoms with E-state index in [1.165, 1.54) is 47.4 Å². The number of amides is 1. The number of nitrogens with one attached hydrogen (secondary N) is 1. The molecule has 1 atom stereocenters. The largest absolute Gasteiger partial charge is 0.384 e. The first kappa shape index (κ1) is 27.8. The lowest BCUT2D eigenvalue weighted by atomic mass is 9.68. The van der Waals surface area contributed by atoms with E-state index < -0.39 is 5.92 Å². The minimum absolute atomic E-state index is 0.0504. The normalized spacial score (nSPS) is 18.4. The van der Waals surface area contributed by atoms with Crippen LogP contribution in [0.15, 0.2) is 75.5 Å². The van der Waals surface area contributed by atoms with Crippen molar-refractivity contribution in [3.63, 3.8) is 0 Å². The number of thioether (sulfide) groups is 1. The van der Waals surface area contributed by atoms with Gasteiger partial charge in [0, 0.05) is 28.4 Å². The number of halogens is 2. The molecule has 0 saturated carbocycles. The third-order valence-corrected chi connectivity index (χ3v) is 9.02. The molecule has 0 fully saturated rings. The van der Waals surface area contributed by atoms with Gasteiger partial charge >= 0.3 is 0 Å². The Morgan fingerprint density at radius 1 is 1.25 bits per heavy atom. The van der Waals surface area contributed by atoms with Crippen LogP contribution in [0.1, 0.15) is 38.2 Å². The van der Waals surface area contributed by atoms with Crippen LogP contribution in [-0.2, 0) is 9.59 Å². The van der Waals surface area contributed by atoms with E-state index in [4.69, 9.17) is 17.3 Å². The highest BCUT2D eigenvalue weighted by molar-refractivity contribution is 8.01. The van der Waals surface area contributed by atoms with Crippen molar-refractivity contribution in [2.75, 3.05) is 16.0 Å². The molecule has 8 nitrogen and oxygen atoms in total. The van der Waals surface area contributed by atoms with E-state index in [2.05, 4.69) is 21.6 Å². The Morgan fingerprint density at radius 2 is 1.98 bits per heavy atom. The van der Waals surface area contributed by atoms with Gasteiger partial charge in [-0.15, -0.1) is 10.2 Å². The van der Waals surface area contributed by atoms with Gasteiger partial charge in [-0.2, -0.15) is 5.26 Å². The van der Waals surface area contributed by atoms with Crippen LogP contribution in [0.2, 0.25) is 5.02 Å². The molecule has 0 bridgehead atoms. The SMILES string of the molecule is CC1(C)CC(=O)C2=C(C1)N(c1nnc(SCC(=O)Nc3ccc(F)cc3)s1)C(N)=C(C#N)C2c1ccccc1Cl.